The average molecular weight is 501 g/mol. The van der Waals surface area contributed by atoms with Gasteiger partial charge < -0.3 is 43.2 Å². The highest BCUT2D eigenvalue weighted by Gasteiger charge is 2.30. The van der Waals surface area contributed by atoms with E-state index in [2.05, 4.69) is 38.5 Å². The molecule has 15 heteroatoms. The number of aromatic nitrogens is 2. The Hall–Kier alpha value is -3.17. The number of imidazole rings is 1. The first-order valence-electron chi connectivity index (χ1n) is 10.5. The number of carbonyl (C=O) groups excluding carboxylic acids is 4. The van der Waals surface area contributed by atoms with Crippen molar-refractivity contribution in [2.45, 2.75) is 56.3 Å². The number of nitrogens with zero attached hydrogens (tertiary/aromatic N) is 1. The van der Waals surface area contributed by atoms with Gasteiger partial charge in [-0.05, 0) is 25.8 Å². The summed E-state index contributed by atoms with van der Waals surface area (Å²) in [6.45, 7) is 0.368. The van der Waals surface area contributed by atoms with Gasteiger partial charge in [-0.25, -0.2) is 9.78 Å². The summed E-state index contributed by atoms with van der Waals surface area (Å²) < 4.78 is 0. The van der Waals surface area contributed by atoms with Crippen LogP contribution in [0.5, 0.6) is 0 Å². The van der Waals surface area contributed by atoms with Crippen molar-refractivity contribution in [2.75, 3.05) is 12.3 Å². The summed E-state index contributed by atoms with van der Waals surface area (Å²) in [7, 11) is 0. The van der Waals surface area contributed by atoms with E-state index in [1.165, 1.54) is 12.5 Å². The molecule has 11 N–H and O–H groups in total. The fourth-order valence-corrected chi connectivity index (χ4v) is 3.16. The van der Waals surface area contributed by atoms with Gasteiger partial charge in [0, 0.05) is 24.1 Å². The maximum atomic E-state index is 12.9. The van der Waals surface area contributed by atoms with Gasteiger partial charge in [-0.3, -0.25) is 19.2 Å². The van der Waals surface area contributed by atoms with Crippen LogP contribution in [-0.2, 0) is 30.4 Å². The zero-order chi connectivity index (χ0) is 25.7. The van der Waals surface area contributed by atoms with Crippen LogP contribution in [-0.4, -0.2) is 81.1 Å². The van der Waals surface area contributed by atoms with Crippen molar-refractivity contribution in [3.63, 3.8) is 0 Å². The van der Waals surface area contributed by atoms with Crippen molar-refractivity contribution >= 4 is 42.2 Å². The molecule has 190 valence electrons. The number of amides is 4. The summed E-state index contributed by atoms with van der Waals surface area (Å²) in [5, 5.41) is 16.8. The summed E-state index contributed by atoms with van der Waals surface area (Å²) in [6.07, 6.45) is 3.60. The molecule has 0 aromatic carbocycles. The number of H-pyrrole nitrogens is 1. The second-order valence-corrected chi connectivity index (χ2v) is 7.91. The number of nitrogens with two attached hydrogens (primary N) is 3. The number of unbranched alkanes of at least 4 members (excludes halogenated alkanes) is 1. The smallest absolute Gasteiger partial charge is 0.326 e. The van der Waals surface area contributed by atoms with E-state index in [0.29, 0.717) is 25.1 Å². The summed E-state index contributed by atoms with van der Waals surface area (Å²) in [5.41, 5.74) is 16.6. The number of nitrogens with one attached hydrogen (secondary N) is 4. The second kappa shape index (κ2) is 14.9. The first kappa shape index (κ1) is 28.9. The zero-order valence-corrected chi connectivity index (χ0v) is 19.4. The summed E-state index contributed by atoms with van der Waals surface area (Å²) in [5.74, 6) is -4.42. The lowest BCUT2D eigenvalue weighted by atomic mass is 10.1. The molecule has 34 heavy (non-hydrogen) atoms. The molecule has 0 aliphatic rings. The number of hydrogen-bond donors (Lipinski definition) is 9. The number of primary amides is 1. The Morgan fingerprint density at radius 3 is 2.18 bits per heavy atom. The molecule has 1 heterocycles. The predicted octanol–water partition coefficient (Wildman–Crippen LogP) is -3.25. The van der Waals surface area contributed by atoms with Crippen molar-refractivity contribution in [3.8, 4) is 0 Å². The van der Waals surface area contributed by atoms with E-state index in [-0.39, 0.29) is 18.6 Å². The largest absolute Gasteiger partial charge is 0.480 e. The minimum atomic E-state index is -1.27. The van der Waals surface area contributed by atoms with E-state index in [0.717, 1.165) is 0 Å². The van der Waals surface area contributed by atoms with E-state index in [1.54, 1.807) is 0 Å². The van der Waals surface area contributed by atoms with Crippen molar-refractivity contribution < 1.29 is 29.1 Å². The minimum absolute atomic E-state index is 0.0440. The first-order chi connectivity index (χ1) is 16.1. The highest BCUT2D eigenvalue weighted by atomic mass is 32.1. The van der Waals surface area contributed by atoms with Crippen LogP contribution in [0.15, 0.2) is 12.5 Å². The molecular weight excluding hydrogens is 468 g/mol. The van der Waals surface area contributed by atoms with E-state index < -0.39 is 60.2 Å². The van der Waals surface area contributed by atoms with Crippen molar-refractivity contribution in [1.82, 2.24) is 25.9 Å². The molecule has 0 saturated carbocycles. The van der Waals surface area contributed by atoms with E-state index >= 15 is 0 Å². The van der Waals surface area contributed by atoms with Gasteiger partial charge in [-0.2, -0.15) is 12.6 Å². The molecule has 0 aliphatic carbocycles. The van der Waals surface area contributed by atoms with E-state index in [9.17, 15) is 29.1 Å². The molecule has 0 spiro atoms. The van der Waals surface area contributed by atoms with Crippen molar-refractivity contribution in [3.05, 3.63) is 18.2 Å². The number of hydrogen-bond acceptors (Lipinski definition) is 9. The maximum absolute atomic E-state index is 12.9. The first-order valence-corrected chi connectivity index (χ1v) is 11.2. The van der Waals surface area contributed by atoms with E-state index in [4.69, 9.17) is 17.2 Å². The Bertz CT molecular complexity index is 837. The Labute approximate surface area is 201 Å². The number of thiol groups is 1. The summed E-state index contributed by atoms with van der Waals surface area (Å²) in [4.78, 5) is 66.9. The van der Waals surface area contributed by atoms with Gasteiger partial charge in [0.15, 0.2) is 0 Å². The molecule has 0 saturated heterocycles. The van der Waals surface area contributed by atoms with Gasteiger partial charge >= 0.3 is 5.97 Å². The van der Waals surface area contributed by atoms with Gasteiger partial charge in [0.2, 0.25) is 23.6 Å². The van der Waals surface area contributed by atoms with Crippen LogP contribution < -0.4 is 33.2 Å². The highest BCUT2D eigenvalue weighted by molar-refractivity contribution is 7.80. The van der Waals surface area contributed by atoms with E-state index in [1.807, 2.05) is 0 Å². The second-order valence-electron chi connectivity index (χ2n) is 7.55. The van der Waals surface area contributed by atoms with Crippen LogP contribution in [0.4, 0.5) is 0 Å². The highest BCUT2D eigenvalue weighted by Crippen LogP contribution is 2.05. The minimum Gasteiger partial charge on any atom is -0.480 e. The molecule has 1 rings (SSSR count). The third kappa shape index (κ3) is 10.2. The molecule has 1 aromatic heterocycles. The molecule has 0 aliphatic heterocycles. The van der Waals surface area contributed by atoms with Gasteiger partial charge in [-0.1, -0.05) is 0 Å². The van der Waals surface area contributed by atoms with Gasteiger partial charge in [-0.15, -0.1) is 0 Å². The Morgan fingerprint density at radius 2 is 1.65 bits per heavy atom. The fourth-order valence-electron chi connectivity index (χ4n) is 2.90. The standard InChI is InChI=1S/C19H32N8O6S/c20-4-2-1-3-12(17(30)26-13(19(32)33)5-10-7-23-9-24-10)25-18(31)14(8-34)27-16(29)11(21)6-15(22)28/h7,9,11-14,34H,1-6,8,20-21H2,(H2,22,28)(H,23,24)(H,25,31)(H,26,30)(H,27,29)(H,32,33). The molecule has 0 fully saturated rings. The zero-order valence-electron chi connectivity index (χ0n) is 18.5. The molecular formula is C19H32N8O6S. The Balaban J connectivity index is 2.87. The van der Waals surface area contributed by atoms with Crippen LogP contribution in [0.1, 0.15) is 31.4 Å². The van der Waals surface area contributed by atoms with Crippen LogP contribution in [0.25, 0.3) is 0 Å². The normalized spacial score (nSPS) is 14.3. The molecule has 14 nitrogen and oxygen atoms in total. The number of carboxylic acids is 1. The molecule has 4 unspecified atom stereocenters. The molecule has 0 radical (unpaired) electrons. The third-order valence-electron chi connectivity index (χ3n) is 4.75. The maximum Gasteiger partial charge on any atom is 0.326 e. The Kier molecular flexibility index (Phi) is 12.6. The Morgan fingerprint density at radius 1 is 1.03 bits per heavy atom. The van der Waals surface area contributed by atoms with Crippen molar-refractivity contribution in [2.24, 2.45) is 17.2 Å². The fraction of sp³-hybridized carbons (Fsp3) is 0.579. The number of rotatable bonds is 16. The average Bonchev–Trinajstić information content (AvgIpc) is 3.28. The number of aliphatic carboxylic acids is 1. The SMILES string of the molecule is NCCCCC(NC(=O)C(CS)NC(=O)C(N)CC(N)=O)C(=O)NC(Cc1cnc[nH]1)C(=O)O. The molecule has 4 atom stereocenters. The molecule has 1 aromatic rings. The molecule has 0 bridgehead atoms. The quantitative estimate of drug-likeness (QED) is 0.0815. The molecule has 4 amide bonds. The van der Waals surface area contributed by atoms with Crippen LogP contribution in [0, 0.1) is 0 Å². The monoisotopic (exact) mass is 500 g/mol. The van der Waals surface area contributed by atoms with Gasteiger partial charge in [0.1, 0.15) is 18.1 Å². The van der Waals surface area contributed by atoms with Crippen LogP contribution >= 0.6 is 12.6 Å². The summed E-state index contributed by atoms with van der Waals surface area (Å²) >= 11 is 4.05. The van der Waals surface area contributed by atoms with Gasteiger partial charge in [0.25, 0.3) is 0 Å². The van der Waals surface area contributed by atoms with Crippen LogP contribution in [0.3, 0.4) is 0 Å². The van der Waals surface area contributed by atoms with Crippen LogP contribution in [0.2, 0.25) is 0 Å². The number of carbonyl (C=O) groups is 5. The predicted molar refractivity (Wildman–Crippen MR) is 124 cm³/mol. The topological polar surface area (TPSA) is 248 Å². The summed E-state index contributed by atoms with van der Waals surface area (Å²) in [6, 6.07) is -4.79. The van der Waals surface area contributed by atoms with Gasteiger partial charge in [0.05, 0.1) is 18.8 Å². The lowest BCUT2D eigenvalue weighted by Gasteiger charge is -2.24. The third-order valence-corrected chi connectivity index (χ3v) is 5.11. The number of carboxylic acid groups (broad SMARTS) is 1. The number of aromatic amines is 1. The lowest BCUT2D eigenvalue weighted by Crippen LogP contribution is -2.58. The lowest BCUT2D eigenvalue weighted by molar-refractivity contribution is -0.142. The van der Waals surface area contributed by atoms with Crippen molar-refractivity contribution in [1.29, 1.82) is 0 Å².